The summed E-state index contributed by atoms with van der Waals surface area (Å²) in [5.74, 6) is 1.20. The average molecular weight is 303 g/mol. The Morgan fingerprint density at radius 3 is 1.57 bits per heavy atom. The van der Waals surface area contributed by atoms with Gasteiger partial charge in [-0.05, 0) is 29.5 Å². The van der Waals surface area contributed by atoms with Gasteiger partial charge in [0.25, 0.3) is 0 Å². The molecule has 1 aromatic rings. The summed E-state index contributed by atoms with van der Waals surface area (Å²) >= 11 is 0. The Labute approximate surface area is 114 Å². The second kappa shape index (κ2) is 13.4. The summed E-state index contributed by atoms with van der Waals surface area (Å²) < 4.78 is 0. The van der Waals surface area contributed by atoms with Gasteiger partial charge < -0.3 is 12.4 Å². The van der Waals surface area contributed by atoms with E-state index in [1.54, 1.807) is 0 Å². The SMILES string of the molecule is CC[s+]1cccccccc1.Cl.[Cl-].[Zn]. The molecule has 1 heterocycles. The normalized spacial score (nSPS) is 6.93. The molecule has 0 aliphatic carbocycles. The fourth-order valence-corrected chi connectivity index (χ4v) is 1.85. The molecule has 0 unspecified atom stereocenters. The van der Waals surface area contributed by atoms with Crippen LogP contribution in [0.2, 0.25) is 0 Å². The van der Waals surface area contributed by atoms with Gasteiger partial charge in [-0.1, -0.05) is 24.3 Å². The van der Waals surface area contributed by atoms with Crippen LogP contribution in [-0.4, -0.2) is 0 Å². The van der Waals surface area contributed by atoms with E-state index >= 15 is 0 Å². The molecule has 0 amide bonds. The van der Waals surface area contributed by atoms with Crippen LogP contribution >= 0.6 is 22.9 Å². The van der Waals surface area contributed by atoms with Crippen molar-refractivity contribution in [2.75, 3.05) is 0 Å². The van der Waals surface area contributed by atoms with Gasteiger partial charge in [-0.25, -0.2) is 0 Å². The van der Waals surface area contributed by atoms with Crippen LogP contribution in [0, 0.1) is 0 Å². The van der Waals surface area contributed by atoms with Gasteiger partial charge in [-0.3, -0.25) is 0 Å². The number of hydrogen-bond donors (Lipinski definition) is 0. The molecule has 0 aliphatic rings. The van der Waals surface area contributed by atoms with E-state index in [0.29, 0.717) is 10.5 Å². The van der Waals surface area contributed by atoms with E-state index in [2.05, 4.69) is 41.9 Å². The Balaban J connectivity index is -0.000000403. The first-order valence-corrected chi connectivity index (χ1v) is 5.32. The summed E-state index contributed by atoms with van der Waals surface area (Å²) in [6, 6.07) is 12.5. The van der Waals surface area contributed by atoms with Gasteiger partial charge in [0.05, 0.1) is 0 Å². The molecule has 1 rings (SSSR count). The van der Waals surface area contributed by atoms with Crippen LogP contribution in [0.15, 0.2) is 47.2 Å². The molecule has 0 spiro atoms. The zero-order chi connectivity index (χ0) is 7.94. The predicted molar refractivity (Wildman–Crippen MR) is 59.5 cm³/mol. The minimum atomic E-state index is 0. The molecule has 0 atom stereocenters. The smallest absolute Gasteiger partial charge is 0.137 e. The molecule has 0 aromatic carbocycles. The Bertz CT molecular complexity index is 238. The topological polar surface area (TPSA) is 0 Å². The van der Waals surface area contributed by atoms with Crippen LogP contribution < -0.4 is 12.4 Å². The molecule has 0 bridgehead atoms. The summed E-state index contributed by atoms with van der Waals surface area (Å²) in [5, 5.41) is 4.50. The van der Waals surface area contributed by atoms with Crippen molar-refractivity contribution in [3.05, 3.63) is 47.2 Å². The number of rotatable bonds is 1. The third kappa shape index (κ3) is 8.96. The van der Waals surface area contributed by atoms with Crippen molar-refractivity contribution in [2.45, 2.75) is 12.7 Å². The summed E-state index contributed by atoms with van der Waals surface area (Å²) in [6.07, 6.45) is 0. The van der Waals surface area contributed by atoms with Crippen molar-refractivity contribution in [1.82, 2.24) is 0 Å². The Hall–Kier alpha value is 0.383. The van der Waals surface area contributed by atoms with E-state index in [1.165, 1.54) is 5.75 Å². The Kier molecular flexibility index (Phi) is 19.0. The van der Waals surface area contributed by atoms with Crippen molar-refractivity contribution in [3.8, 4) is 0 Å². The van der Waals surface area contributed by atoms with Crippen LogP contribution in [0.25, 0.3) is 0 Å². The maximum Gasteiger partial charge on any atom is 0.137 e. The van der Waals surface area contributed by atoms with Crippen molar-refractivity contribution >= 4 is 22.9 Å². The van der Waals surface area contributed by atoms with E-state index in [9.17, 15) is 0 Å². The van der Waals surface area contributed by atoms with Gasteiger partial charge in [-0.15, -0.1) is 12.4 Å². The zero-order valence-electron chi connectivity index (χ0n) is 8.23. The van der Waals surface area contributed by atoms with Crippen LogP contribution in [0.1, 0.15) is 6.92 Å². The molecular formula is C10H14Cl2SZn. The van der Waals surface area contributed by atoms with Crippen LogP contribution in [0.4, 0.5) is 0 Å². The molecule has 1 aromatic heterocycles. The Morgan fingerprint density at radius 2 is 1.21 bits per heavy atom. The first-order chi connectivity index (χ1) is 5.43. The van der Waals surface area contributed by atoms with Gasteiger partial charge in [-0.2, -0.15) is 0 Å². The summed E-state index contributed by atoms with van der Waals surface area (Å²) in [5.41, 5.74) is 0. The summed E-state index contributed by atoms with van der Waals surface area (Å²) in [6.45, 7) is 2.21. The monoisotopic (exact) mass is 300 g/mol. The fourth-order valence-electron chi connectivity index (χ4n) is 0.787. The Morgan fingerprint density at radius 1 is 0.857 bits per heavy atom. The second-order valence-corrected chi connectivity index (χ2v) is 4.25. The van der Waals surface area contributed by atoms with Crippen molar-refractivity contribution < 1.29 is 31.9 Å². The first kappa shape index (κ1) is 19.9. The van der Waals surface area contributed by atoms with Gasteiger partial charge in [0.15, 0.2) is 0 Å². The van der Waals surface area contributed by atoms with Crippen LogP contribution in [-0.2, 0) is 25.2 Å². The minimum Gasteiger partial charge on any atom is -1.00 e. The van der Waals surface area contributed by atoms with E-state index in [1.807, 2.05) is 12.1 Å². The quantitative estimate of drug-likeness (QED) is 0.536. The molecule has 0 radical (unpaired) electrons. The molecule has 0 N–H and O–H groups in total. The second-order valence-electron chi connectivity index (χ2n) is 2.18. The molecule has 0 aliphatic heterocycles. The van der Waals surface area contributed by atoms with Crippen molar-refractivity contribution in [2.24, 2.45) is 0 Å². The van der Waals surface area contributed by atoms with Crippen LogP contribution in [0.3, 0.4) is 0 Å². The molecule has 76 valence electrons. The molecule has 0 saturated heterocycles. The number of aryl methyl sites for hydroxylation is 1. The predicted octanol–water partition coefficient (Wildman–Crippen LogP) is 1.00. The van der Waals surface area contributed by atoms with E-state index in [4.69, 9.17) is 0 Å². The molecule has 0 nitrogen and oxygen atoms in total. The van der Waals surface area contributed by atoms with Gasteiger partial charge in [0.2, 0.25) is 0 Å². The molecular weight excluding hydrogens is 288 g/mol. The van der Waals surface area contributed by atoms with E-state index in [0.717, 1.165) is 0 Å². The summed E-state index contributed by atoms with van der Waals surface area (Å²) in [7, 11) is 0.345. The zero-order valence-corrected chi connectivity index (χ0v) is 13.6. The molecule has 0 fully saturated rings. The number of halogens is 2. The van der Waals surface area contributed by atoms with E-state index < -0.39 is 0 Å². The molecule has 14 heavy (non-hydrogen) atoms. The summed E-state index contributed by atoms with van der Waals surface area (Å²) in [4.78, 5) is 0. The van der Waals surface area contributed by atoms with Gasteiger partial charge >= 0.3 is 0 Å². The third-order valence-electron chi connectivity index (χ3n) is 1.40. The first-order valence-electron chi connectivity index (χ1n) is 3.80. The minimum absolute atomic E-state index is 0. The van der Waals surface area contributed by atoms with Crippen molar-refractivity contribution in [1.29, 1.82) is 0 Å². The standard InChI is InChI=1S/C10H13S.2ClH.Zn/c1-2-11-9-7-5-3-4-6-8-10-11;;;/h3-10H,2H2,1H3;2*1H;/q+1;;;/p-1. The average Bonchev–Trinajstić information content (AvgIpc) is 2.16. The third-order valence-corrected chi connectivity index (χ3v) is 3.08. The van der Waals surface area contributed by atoms with E-state index in [-0.39, 0.29) is 44.3 Å². The van der Waals surface area contributed by atoms with Gasteiger partial charge in [0, 0.05) is 19.5 Å². The largest absolute Gasteiger partial charge is 1.00 e. The fraction of sp³-hybridized carbons (Fsp3) is 0.200. The van der Waals surface area contributed by atoms with Crippen molar-refractivity contribution in [3.63, 3.8) is 0 Å². The maximum atomic E-state index is 2.25. The molecule has 4 heteroatoms. The molecule has 0 saturated carbocycles. The van der Waals surface area contributed by atoms with Gasteiger partial charge in [0.1, 0.15) is 16.5 Å². The number of hydrogen-bond acceptors (Lipinski definition) is 0. The van der Waals surface area contributed by atoms with Crippen LogP contribution in [0.5, 0.6) is 0 Å². The maximum absolute atomic E-state index is 2.25.